The van der Waals surface area contributed by atoms with E-state index in [1.54, 1.807) is 11.8 Å². The molecule has 0 bridgehead atoms. The molecule has 4 amide bonds. The van der Waals surface area contributed by atoms with E-state index >= 15 is 0 Å². The van der Waals surface area contributed by atoms with Gasteiger partial charge in [-0.1, -0.05) is 61.9 Å². The minimum Gasteiger partial charge on any atom is -0.396 e. The molecule has 1 aliphatic heterocycles. The van der Waals surface area contributed by atoms with Crippen molar-refractivity contribution < 1.29 is 73.2 Å². The van der Waals surface area contributed by atoms with Gasteiger partial charge >= 0.3 is 0 Å². The third-order valence-electron chi connectivity index (χ3n) is 11.5. The second-order valence-electron chi connectivity index (χ2n) is 17.8. The summed E-state index contributed by atoms with van der Waals surface area (Å²) >= 11 is 0. The van der Waals surface area contributed by atoms with Gasteiger partial charge < -0.3 is 70.1 Å². The number of hydrogen-bond acceptors (Lipinski definition) is 15. The van der Waals surface area contributed by atoms with Gasteiger partial charge in [0.1, 0.15) is 12.0 Å². The van der Waals surface area contributed by atoms with Gasteiger partial charge in [0.2, 0.25) is 23.6 Å². The van der Waals surface area contributed by atoms with Crippen LogP contribution in [0.25, 0.3) is 11.6 Å². The summed E-state index contributed by atoms with van der Waals surface area (Å²) in [5, 5.41) is 57.1. The SMILES string of the molecule is C/C1=C/c2ccccc2CN(C(=O)CCC(=O)NCCOCCOCCOCCOCCC(=O)NCCCCCC(=O)NC(O)CCC(=O)CC(O)CCCOC(O)(O)CC(C)CCO)c2ccccc21. The van der Waals surface area contributed by atoms with Crippen LogP contribution in [0.5, 0.6) is 0 Å². The third kappa shape index (κ3) is 27.1. The fraction of sp³-hybridized carbons (Fsp3) is 0.635. The van der Waals surface area contributed by atoms with Crippen LogP contribution in [0.1, 0.15) is 120 Å². The molecule has 0 radical (unpaired) electrons. The second kappa shape index (κ2) is 35.4. The van der Waals surface area contributed by atoms with E-state index in [0.29, 0.717) is 91.6 Å². The molecule has 0 aliphatic carbocycles. The van der Waals surface area contributed by atoms with Gasteiger partial charge in [-0.25, -0.2) is 0 Å². The van der Waals surface area contributed by atoms with E-state index in [2.05, 4.69) is 22.0 Å². The number of nitrogens with one attached hydrogen (secondary N) is 3. The highest BCUT2D eigenvalue weighted by Crippen LogP contribution is 2.33. The average Bonchev–Trinajstić information content (AvgIpc) is 3.32. The van der Waals surface area contributed by atoms with Gasteiger partial charge in [0.25, 0.3) is 5.97 Å². The molecular weight excluding hydrogens is 921 g/mol. The molecule has 0 aromatic heterocycles. The Morgan fingerprint density at radius 2 is 1.32 bits per heavy atom. The van der Waals surface area contributed by atoms with Crippen molar-refractivity contribution in [3.8, 4) is 0 Å². The molecule has 1 heterocycles. The first kappa shape index (κ1) is 60.6. The van der Waals surface area contributed by atoms with Gasteiger partial charge in [-0.05, 0) is 74.1 Å². The topological polar surface area (TPSA) is 272 Å². The first-order valence-corrected chi connectivity index (χ1v) is 25.0. The first-order valence-electron chi connectivity index (χ1n) is 25.0. The van der Waals surface area contributed by atoms with E-state index in [9.17, 15) is 44.4 Å². The highest BCUT2D eigenvalue weighted by atomic mass is 16.8. The van der Waals surface area contributed by atoms with Crippen LogP contribution in [-0.2, 0) is 54.2 Å². The number of nitrogens with zero attached hydrogens (tertiary/aromatic N) is 1. The van der Waals surface area contributed by atoms with Gasteiger partial charge in [-0.3, -0.25) is 24.0 Å². The summed E-state index contributed by atoms with van der Waals surface area (Å²) in [6.45, 7) is 7.58. The summed E-state index contributed by atoms with van der Waals surface area (Å²) in [5.41, 5.74) is 5.01. The van der Waals surface area contributed by atoms with Crippen LogP contribution in [0.15, 0.2) is 48.5 Å². The number of para-hydroxylation sites is 1. The highest BCUT2D eigenvalue weighted by Gasteiger charge is 2.27. The van der Waals surface area contributed by atoms with E-state index in [4.69, 9.17) is 28.8 Å². The quantitative estimate of drug-likeness (QED) is 0.0352. The number of ether oxygens (including phenoxy) is 5. The highest BCUT2D eigenvalue weighted by molar-refractivity contribution is 6.00. The van der Waals surface area contributed by atoms with Crippen LogP contribution in [0.3, 0.4) is 0 Å². The van der Waals surface area contributed by atoms with E-state index < -0.39 is 18.3 Å². The molecule has 398 valence electrons. The molecule has 3 rings (SSSR count). The molecule has 0 fully saturated rings. The number of unbranched alkanes of at least 4 members (excludes halogenated alkanes) is 2. The zero-order valence-corrected chi connectivity index (χ0v) is 41.8. The fourth-order valence-corrected chi connectivity index (χ4v) is 7.67. The number of benzene rings is 2. The lowest BCUT2D eigenvalue weighted by atomic mass is 9.96. The van der Waals surface area contributed by atoms with Crippen molar-refractivity contribution in [1.82, 2.24) is 16.0 Å². The van der Waals surface area contributed by atoms with Crippen molar-refractivity contribution in [3.63, 3.8) is 0 Å². The number of carbonyl (C=O) groups is 5. The number of aliphatic hydroxyl groups excluding tert-OH is 3. The van der Waals surface area contributed by atoms with Crippen molar-refractivity contribution in [2.24, 2.45) is 5.92 Å². The number of anilines is 1. The maximum absolute atomic E-state index is 13.5. The minimum atomic E-state index is -2.33. The molecule has 3 unspecified atom stereocenters. The zero-order chi connectivity index (χ0) is 51.7. The van der Waals surface area contributed by atoms with Crippen LogP contribution < -0.4 is 20.9 Å². The number of rotatable bonds is 39. The number of fused-ring (bicyclic) bond motifs is 2. The largest absolute Gasteiger partial charge is 0.396 e. The number of allylic oxidation sites excluding steroid dienone is 1. The Kier molecular flexibility index (Phi) is 30.3. The smallest absolute Gasteiger partial charge is 0.278 e. The molecule has 8 N–H and O–H groups in total. The Hall–Kier alpha value is -4.67. The van der Waals surface area contributed by atoms with Gasteiger partial charge in [-0.15, -0.1) is 0 Å². The molecule has 2 aromatic carbocycles. The molecule has 3 atom stereocenters. The number of Topliss-reactive ketones (excluding diaryl/α,β-unsaturated/α-hetero) is 1. The molecule has 71 heavy (non-hydrogen) atoms. The molecule has 19 heteroatoms. The summed E-state index contributed by atoms with van der Waals surface area (Å²) in [6.07, 6.45) is 3.10. The van der Waals surface area contributed by atoms with Gasteiger partial charge in [-0.2, -0.15) is 0 Å². The van der Waals surface area contributed by atoms with Crippen molar-refractivity contribution in [2.45, 2.75) is 129 Å². The van der Waals surface area contributed by atoms with Crippen LogP contribution in [0.2, 0.25) is 0 Å². The lowest BCUT2D eigenvalue weighted by Crippen LogP contribution is -2.35. The molecule has 0 saturated carbocycles. The number of hydrogen-bond donors (Lipinski definition) is 8. The predicted octanol–water partition coefficient (Wildman–Crippen LogP) is 3.50. The van der Waals surface area contributed by atoms with Crippen LogP contribution >= 0.6 is 0 Å². The Labute approximate surface area is 418 Å². The molecule has 1 aliphatic rings. The van der Waals surface area contributed by atoms with E-state index in [1.165, 1.54) is 0 Å². The molecule has 0 spiro atoms. The monoisotopic (exact) mass is 1000 g/mol. The molecule has 19 nitrogen and oxygen atoms in total. The number of ketones is 1. The summed E-state index contributed by atoms with van der Waals surface area (Å²) in [4.78, 5) is 64.3. The van der Waals surface area contributed by atoms with Gasteiger partial charge in [0.15, 0.2) is 0 Å². The molecule has 0 saturated heterocycles. The van der Waals surface area contributed by atoms with Gasteiger partial charge in [0.05, 0.1) is 77.8 Å². The van der Waals surface area contributed by atoms with Crippen molar-refractivity contribution in [3.05, 3.63) is 65.2 Å². The maximum atomic E-state index is 13.5. The van der Waals surface area contributed by atoms with Gasteiger partial charge in [0, 0.05) is 70.2 Å². The number of carbonyl (C=O) groups excluding carboxylic acids is 5. The Balaban J connectivity index is 1.06. The maximum Gasteiger partial charge on any atom is 0.278 e. The minimum absolute atomic E-state index is 0.00559. The standard InChI is InChI=1S/C52H80N4O15/c1-39(21-25-57)37-52(65,66)71-26-10-13-43(58)36-44(59)17-18-50(63)55-49(62)16-4-3-9-23-53-48(61)22-27-67-29-31-69-33-34-70-32-30-68-28-24-54-47(60)19-20-51(64)56-38-42-12-6-5-11-41(42)35-40(2)45-14-7-8-15-46(45)56/h5-8,11-12,14-15,35,39,43,50,57-58,63,65-66H,3-4,9-10,13,16-34,36-38H2,1-2H3,(H,53,61)(H,54,60)(H,55,62)/b40-35-. The van der Waals surface area contributed by atoms with E-state index in [0.717, 1.165) is 28.0 Å². The van der Waals surface area contributed by atoms with E-state index in [-0.39, 0.29) is 119 Å². The fourth-order valence-electron chi connectivity index (χ4n) is 7.67. The van der Waals surface area contributed by atoms with Crippen LogP contribution in [0, 0.1) is 5.92 Å². The molecule has 2 aromatic rings. The second-order valence-corrected chi connectivity index (χ2v) is 17.8. The summed E-state index contributed by atoms with van der Waals surface area (Å²) < 4.78 is 27.1. The first-order chi connectivity index (χ1) is 34.2. The van der Waals surface area contributed by atoms with Crippen molar-refractivity contribution in [1.29, 1.82) is 0 Å². The average molecular weight is 1000 g/mol. The van der Waals surface area contributed by atoms with Crippen molar-refractivity contribution >= 4 is 46.7 Å². The summed E-state index contributed by atoms with van der Waals surface area (Å²) in [6, 6.07) is 15.9. The Morgan fingerprint density at radius 3 is 2.06 bits per heavy atom. The Morgan fingerprint density at radius 1 is 0.676 bits per heavy atom. The summed E-state index contributed by atoms with van der Waals surface area (Å²) in [7, 11) is 0. The zero-order valence-electron chi connectivity index (χ0n) is 41.8. The predicted molar refractivity (Wildman–Crippen MR) is 266 cm³/mol. The van der Waals surface area contributed by atoms with Crippen LogP contribution in [0.4, 0.5) is 5.69 Å². The Bertz CT molecular complexity index is 1910. The number of amides is 4. The lowest BCUT2D eigenvalue weighted by Gasteiger charge is -2.28. The molecular formula is C52H80N4O15. The normalized spacial score (nSPS) is 14.5. The third-order valence-corrected chi connectivity index (χ3v) is 11.5. The van der Waals surface area contributed by atoms with Crippen molar-refractivity contribution in [2.75, 3.05) is 84.1 Å². The summed E-state index contributed by atoms with van der Waals surface area (Å²) in [5.74, 6) is -3.60. The lowest BCUT2D eigenvalue weighted by molar-refractivity contribution is -0.345. The number of aliphatic hydroxyl groups is 5. The van der Waals surface area contributed by atoms with Crippen LogP contribution in [-0.4, -0.2) is 152 Å². The van der Waals surface area contributed by atoms with E-state index in [1.807, 2.05) is 55.5 Å².